The van der Waals surface area contributed by atoms with Gasteiger partial charge in [-0.1, -0.05) is 41.6 Å². The van der Waals surface area contributed by atoms with Crippen molar-refractivity contribution in [3.8, 4) is 5.69 Å². The van der Waals surface area contributed by atoms with Crippen LogP contribution in [0.25, 0.3) is 16.7 Å². The molecule has 1 N–H and O–H groups in total. The second kappa shape index (κ2) is 7.66. The fourth-order valence-corrected chi connectivity index (χ4v) is 3.96. The van der Waals surface area contributed by atoms with E-state index in [1.807, 2.05) is 43.3 Å². The molecule has 5 nitrogen and oxygen atoms in total. The molecule has 0 unspecified atom stereocenters. The van der Waals surface area contributed by atoms with Crippen LogP contribution in [0.15, 0.2) is 70.6 Å². The Labute approximate surface area is 170 Å². The number of aromatic amines is 1. The van der Waals surface area contributed by atoms with Gasteiger partial charge in [0, 0.05) is 16.3 Å². The molecule has 0 amide bonds. The predicted molar refractivity (Wildman–Crippen MR) is 113 cm³/mol. The van der Waals surface area contributed by atoms with Gasteiger partial charge in [0.05, 0.1) is 17.0 Å². The van der Waals surface area contributed by atoms with Gasteiger partial charge in [0.25, 0.3) is 5.56 Å². The average molecular weight is 410 g/mol. The second-order valence-electron chi connectivity index (χ2n) is 6.30. The van der Waals surface area contributed by atoms with E-state index in [0.29, 0.717) is 32.5 Å². The van der Waals surface area contributed by atoms with Crippen molar-refractivity contribution in [1.29, 1.82) is 0 Å². The number of ketones is 1. The molecule has 0 aliphatic carbocycles. The topological polar surface area (TPSA) is 67.8 Å². The number of Topliss-reactive ketones (excluding diaryl/α,β-unsaturated/α-hetero) is 1. The fourth-order valence-electron chi connectivity index (χ4n) is 2.93. The van der Waals surface area contributed by atoms with Crippen LogP contribution in [-0.4, -0.2) is 26.1 Å². The summed E-state index contributed by atoms with van der Waals surface area (Å²) in [4.78, 5) is 33.3. The van der Waals surface area contributed by atoms with E-state index in [1.165, 1.54) is 16.3 Å². The molecule has 140 valence electrons. The molecule has 0 saturated carbocycles. The first-order valence-corrected chi connectivity index (χ1v) is 9.98. The van der Waals surface area contributed by atoms with Crippen molar-refractivity contribution in [2.45, 2.75) is 12.1 Å². The summed E-state index contributed by atoms with van der Waals surface area (Å²) in [6, 6.07) is 17.9. The van der Waals surface area contributed by atoms with E-state index in [0.717, 1.165) is 5.69 Å². The van der Waals surface area contributed by atoms with Crippen molar-refractivity contribution in [3.63, 3.8) is 0 Å². The molecular formula is C21H16ClN3O2S. The SMILES string of the molecule is Cc1cc2nc(SCC(=O)c3ccc(Cl)cc3)n(-c3ccccc3)c(=O)c2[nH]1. The number of carbonyl (C=O) groups is 1. The maximum Gasteiger partial charge on any atom is 0.283 e. The summed E-state index contributed by atoms with van der Waals surface area (Å²) in [6.07, 6.45) is 0. The summed E-state index contributed by atoms with van der Waals surface area (Å²) in [5.74, 6) is 0.108. The molecule has 0 aliphatic heterocycles. The third kappa shape index (κ3) is 3.61. The summed E-state index contributed by atoms with van der Waals surface area (Å²) in [5, 5.41) is 1.06. The molecule has 0 atom stereocenters. The van der Waals surface area contributed by atoms with E-state index in [9.17, 15) is 9.59 Å². The van der Waals surface area contributed by atoms with Crippen LogP contribution >= 0.6 is 23.4 Å². The highest BCUT2D eigenvalue weighted by molar-refractivity contribution is 7.99. The fraction of sp³-hybridized carbons (Fsp3) is 0.0952. The van der Waals surface area contributed by atoms with Crippen LogP contribution in [0.5, 0.6) is 0 Å². The minimum Gasteiger partial charge on any atom is -0.353 e. The Morgan fingerprint density at radius 3 is 2.57 bits per heavy atom. The lowest BCUT2D eigenvalue weighted by Gasteiger charge is -2.11. The van der Waals surface area contributed by atoms with E-state index in [4.69, 9.17) is 11.6 Å². The lowest BCUT2D eigenvalue weighted by molar-refractivity contribution is 0.102. The lowest BCUT2D eigenvalue weighted by atomic mass is 10.1. The van der Waals surface area contributed by atoms with Crippen LogP contribution in [0, 0.1) is 6.92 Å². The zero-order valence-electron chi connectivity index (χ0n) is 15.0. The molecule has 0 fully saturated rings. The number of aromatic nitrogens is 3. The molecule has 4 aromatic rings. The van der Waals surface area contributed by atoms with Crippen molar-refractivity contribution in [3.05, 3.63) is 87.3 Å². The van der Waals surface area contributed by atoms with Crippen LogP contribution in [0.1, 0.15) is 16.1 Å². The van der Waals surface area contributed by atoms with Crippen LogP contribution in [0.3, 0.4) is 0 Å². The van der Waals surface area contributed by atoms with Gasteiger partial charge in [-0.15, -0.1) is 0 Å². The highest BCUT2D eigenvalue weighted by atomic mass is 35.5. The Bertz CT molecular complexity index is 1210. The number of H-pyrrole nitrogens is 1. The first-order valence-electron chi connectivity index (χ1n) is 8.62. The number of hydrogen-bond acceptors (Lipinski definition) is 4. The van der Waals surface area contributed by atoms with Crippen LogP contribution in [0.4, 0.5) is 0 Å². The molecule has 0 spiro atoms. The number of nitrogens with zero attached hydrogens (tertiary/aromatic N) is 2. The smallest absolute Gasteiger partial charge is 0.283 e. The van der Waals surface area contributed by atoms with Gasteiger partial charge < -0.3 is 4.98 Å². The van der Waals surface area contributed by atoms with Crippen molar-refractivity contribution in [1.82, 2.24) is 14.5 Å². The van der Waals surface area contributed by atoms with Crippen LogP contribution < -0.4 is 5.56 Å². The third-order valence-corrected chi connectivity index (χ3v) is 5.46. The van der Waals surface area contributed by atoms with Gasteiger partial charge in [-0.3, -0.25) is 14.2 Å². The molecule has 2 heterocycles. The summed E-state index contributed by atoms with van der Waals surface area (Å²) in [6.45, 7) is 1.88. The summed E-state index contributed by atoms with van der Waals surface area (Å²) < 4.78 is 1.54. The second-order valence-corrected chi connectivity index (χ2v) is 7.68. The molecule has 2 aromatic carbocycles. The number of fused-ring (bicyclic) bond motifs is 1. The maximum absolute atomic E-state index is 13.1. The first kappa shape index (κ1) is 18.5. The number of rotatable bonds is 5. The average Bonchev–Trinajstić information content (AvgIpc) is 3.08. The zero-order valence-corrected chi connectivity index (χ0v) is 16.6. The number of aryl methyl sites for hydroxylation is 1. The Morgan fingerprint density at radius 2 is 1.86 bits per heavy atom. The van der Waals surface area contributed by atoms with Gasteiger partial charge in [-0.05, 0) is 49.4 Å². The first-order chi connectivity index (χ1) is 13.5. The normalized spacial score (nSPS) is 11.1. The van der Waals surface area contributed by atoms with Gasteiger partial charge in [-0.25, -0.2) is 4.98 Å². The molecule has 0 saturated heterocycles. The molecular weight excluding hydrogens is 394 g/mol. The minimum absolute atomic E-state index is 0.0547. The number of carbonyl (C=O) groups excluding carboxylic acids is 1. The highest BCUT2D eigenvalue weighted by Gasteiger charge is 2.16. The number of halogens is 1. The third-order valence-electron chi connectivity index (χ3n) is 4.27. The van der Waals surface area contributed by atoms with Gasteiger partial charge >= 0.3 is 0 Å². The molecule has 0 aliphatic rings. The van der Waals surface area contributed by atoms with E-state index in [2.05, 4.69) is 9.97 Å². The summed E-state index contributed by atoms with van der Waals surface area (Å²) in [7, 11) is 0. The maximum atomic E-state index is 13.1. The molecule has 7 heteroatoms. The van der Waals surface area contributed by atoms with Crippen molar-refractivity contribution >= 4 is 40.2 Å². The molecule has 4 rings (SSSR count). The number of nitrogens with one attached hydrogen (secondary N) is 1. The van der Waals surface area contributed by atoms with E-state index in [1.54, 1.807) is 24.3 Å². The predicted octanol–water partition coefficient (Wildman–Crippen LogP) is 4.65. The quantitative estimate of drug-likeness (QED) is 0.296. The van der Waals surface area contributed by atoms with Crippen LogP contribution in [0.2, 0.25) is 5.02 Å². The monoisotopic (exact) mass is 409 g/mol. The molecule has 28 heavy (non-hydrogen) atoms. The Morgan fingerprint density at radius 1 is 1.14 bits per heavy atom. The van der Waals surface area contributed by atoms with Gasteiger partial charge in [0.2, 0.25) is 0 Å². The van der Waals surface area contributed by atoms with Gasteiger partial charge in [-0.2, -0.15) is 0 Å². The van der Waals surface area contributed by atoms with Crippen molar-refractivity contribution in [2.24, 2.45) is 0 Å². The van der Waals surface area contributed by atoms with Crippen LogP contribution in [-0.2, 0) is 0 Å². The van der Waals surface area contributed by atoms with E-state index >= 15 is 0 Å². The lowest BCUT2D eigenvalue weighted by Crippen LogP contribution is -2.22. The largest absolute Gasteiger partial charge is 0.353 e. The number of hydrogen-bond donors (Lipinski definition) is 1. The molecule has 0 radical (unpaired) electrons. The Hall–Kier alpha value is -2.83. The molecule has 2 aromatic heterocycles. The zero-order chi connectivity index (χ0) is 19.7. The summed E-state index contributed by atoms with van der Waals surface area (Å²) >= 11 is 7.13. The van der Waals surface area contributed by atoms with Crippen molar-refractivity contribution < 1.29 is 4.79 Å². The number of para-hydroxylation sites is 1. The van der Waals surface area contributed by atoms with Gasteiger partial charge in [0.15, 0.2) is 10.9 Å². The van der Waals surface area contributed by atoms with Gasteiger partial charge in [0.1, 0.15) is 5.52 Å². The van der Waals surface area contributed by atoms with E-state index in [-0.39, 0.29) is 17.1 Å². The Balaban J connectivity index is 1.74. The Kier molecular flexibility index (Phi) is 5.07. The van der Waals surface area contributed by atoms with E-state index < -0.39 is 0 Å². The molecule has 0 bridgehead atoms. The highest BCUT2D eigenvalue weighted by Crippen LogP contribution is 2.23. The number of thioether (sulfide) groups is 1. The minimum atomic E-state index is -0.189. The number of benzene rings is 2. The van der Waals surface area contributed by atoms with Crippen molar-refractivity contribution in [2.75, 3.05) is 5.75 Å². The standard InChI is InChI=1S/C21H16ClN3O2S/c1-13-11-17-19(23-13)20(27)25(16-5-3-2-4-6-16)21(24-17)28-12-18(26)14-7-9-15(22)10-8-14/h2-11,23H,12H2,1H3. The summed E-state index contributed by atoms with van der Waals surface area (Å²) in [5.41, 5.74) is 3.00.